The zero-order valence-corrected chi connectivity index (χ0v) is 11.5. The zero-order valence-electron chi connectivity index (χ0n) is 11.5. The van der Waals surface area contributed by atoms with E-state index in [4.69, 9.17) is 4.74 Å². The molecule has 1 N–H and O–H groups in total. The first-order chi connectivity index (χ1) is 9.23. The molecule has 1 amide bonds. The molecule has 0 radical (unpaired) electrons. The lowest BCUT2D eigenvalue weighted by Gasteiger charge is -2.19. The summed E-state index contributed by atoms with van der Waals surface area (Å²) in [5.41, 5.74) is -0.323. The second-order valence-electron chi connectivity index (χ2n) is 5.12. The van der Waals surface area contributed by atoms with Gasteiger partial charge in [0.1, 0.15) is 5.60 Å². The van der Waals surface area contributed by atoms with E-state index in [-0.39, 0.29) is 17.8 Å². The van der Waals surface area contributed by atoms with Gasteiger partial charge in [-0.05, 0) is 32.4 Å². The summed E-state index contributed by atoms with van der Waals surface area (Å²) in [6, 6.07) is 4.07. The number of rotatable bonds is 4. The van der Waals surface area contributed by atoms with Gasteiger partial charge in [0.15, 0.2) is 6.29 Å². The third-order valence-electron chi connectivity index (χ3n) is 2.25. The monoisotopic (exact) mass is 280 g/mol. The first-order valence-corrected chi connectivity index (χ1v) is 5.92. The molecule has 0 fully saturated rings. The minimum Gasteiger partial charge on any atom is -0.444 e. The molecule has 1 rings (SSSR count). The lowest BCUT2D eigenvalue weighted by Crippen LogP contribution is -2.32. The molecule has 0 bridgehead atoms. The first-order valence-electron chi connectivity index (χ1n) is 5.92. The van der Waals surface area contributed by atoms with E-state index >= 15 is 0 Å². The SMILES string of the molecule is CC(C)(C)OC(=O)NCc1ccc([N+](=O)[O-])c(C=O)c1. The summed E-state index contributed by atoms with van der Waals surface area (Å²) in [7, 11) is 0. The van der Waals surface area contributed by atoms with Crippen molar-refractivity contribution in [2.24, 2.45) is 0 Å². The number of nitrogens with zero attached hydrogens (tertiary/aromatic N) is 1. The van der Waals surface area contributed by atoms with E-state index in [1.165, 1.54) is 18.2 Å². The van der Waals surface area contributed by atoms with Gasteiger partial charge in [-0.1, -0.05) is 6.07 Å². The molecule has 0 unspecified atom stereocenters. The van der Waals surface area contributed by atoms with E-state index in [0.29, 0.717) is 11.8 Å². The maximum Gasteiger partial charge on any atom is 0.407 e. The molecule has 7 heteroatoms. The van der Waals surface area contributed by atoms with E-state index in [2.05, 4.69) is 5.32 Å². The molecular weight excluding hydrogens is 264 g/mol. The van der Waals surface area contributed by atoms with E-state index in [9.17, 15) is 19.7 Å². The molecule has 0 aromatic heterocycles. The van der Waals surface area contributed by atoms with E-state index < -0.39 is 16.6 Å². The Balaban J connectivity index is 2.72. The van der Waals surface area contributed by atoms with Crippen LogP contribution in [-0.2, 0) is 11.3 Å². The van der Waals surface area contributed by atoms with Crippen molar-refractivity contribution in [1.29, 1.82) is 0 Å². The highest BCUT2D eigenvalue weighted by Crippen LogP contribution is 2.18. The highest BCUT2D eigenvalue weighted by Gasteiger charge is 2.17. The number of hydrogen-bond acceptors (Lipinski definition) is 5. The van der Waals surface area contributed by atoms with Gasteiger partial charge < -0.3 is 10.1 Å². The van der Waals surface area contributed by atoms with Crippen molar-refractivity contribution >= 4 is 18.1 Å². The highest BCUT2D eigenvalue weighted by molar-refractivity contribution is 5.81. The van der Waals surface area contributed by atoms with Crippen LogP contribution in [0.3, 0.4) is 0 Å². The lowest BCUT2D eigenvalue weighted by molar-refractivity contribution is -0.385. The first kappa shape index (κ1) is 15.6. The summed E-state index contributed by atoms with van der Waals surface area (Å²) in [5, 5.41) is 13.2. The fraction of sp³-hybridized carbons (Fsp3) is 0.385. The van der Waals surface area contributed by atoms with Gasteiger partial charge in [0.05, 0.1) is 10.5 Å². The summed E-state index contributed by atoms with van der Waals surface area (Å²) in [4.78, 5) is 32.3. The second-order valence-corrected chi connectivity index (χ2v) is 5.12. The second kappa shape index (κ2) is 6.14. The van der Waals surface area contributed by atoms with Crippen LogP contribution in [0.2, 0.25) is 0 Å². The predicted octanol–water partition coefficient (Wildman–Crippen LogP) is 2.43. The molecule has 0 spiro atoms. The number of ether oxygens (including phenoxy) is 1. The molecule has 0 aliphatic carbocycles. The topological polar surface area (TPSA) is 98.5 Å². The van der Waals surface area contributed by atoms with Crippen LogP contribution in [0.5, 0.6) is 0 Å². The van der Waals surface area contributed by atoms with E-state index in [1.807, 2.05) is 0 Å². The Hall–Kier alpha value is -2.44. The third-order valence-corrected chi connectivity index (χ3v) is 2.25. The summed E-state index contributed by atoms with van der Waals surface area (Å²) in [5.74, 6) is 0. The quantitative estimate of drug-likeness (QED) is 0.519. The van der Waals surface area contributed by atoms with Crippen molar-refractivity contribution in [3.05, 3.63) is 39.4 Å². The number of alkyl carbamates (subject to hydrolysis) is 1. The van der Waals surface area contributed by atoms with Gasteiger partial charge in [-0.2, -0.15) is 0 Å². The molecule has 7 nitrogen and oxygen atoms in total. The Kier molecular flexibility index (Phi) is 4.79. The number of carbonyl (C=O) groups is 2. The standard InChI is InChI=1S/C13H16N2O5/c1-13(2,3)20-12(17)14-7-9-4-5-11(15(18)19)10(6-9)8-16/h4-6,8H,7H2,1-3H3,(H,14,17). The summed E-state index contributed by atoms with van der Waals surface area (Å²) >= 11 is 0. The minimum atomic E-state index is -0.630. The van der Waals surface area contributed by atoms with E-state index in [1.54, 1.807) is 20.8 Å². The Labute approximate surface area is 116 Å². The van der Waals surface area contributed by atoms with Crippen molar-refractivity contribution in [1.82, 2.24) is 5.32 Å². The Morgan fingerprint density at radius 3 is 2.60 bits per heavy atom. The molecular formula is C13H16N2O5. The molecule has 0 heterocycles. The number of carbonyl (C=O) groups excluding carboxylic acids is 2. The number of nitro groups is 1. The third kappa shape index (κ3) is 4.68. The normalized spacial score (nSPS) is 10.8. The van der Waals surface area contributed by atoms with Crippen molar-refractivity contribution in [2.45, 2.75) is 32.9 Å². The summed E-state index contributed by atoms with van der Waals surface area (Å²) < 4.78 is 5.05. The number of aldehydes is 1. The van der Waals surface area contributed by atoms with Gasteiger partial charge in [-0.15, -0.1) is 0 Å². The molecule has 0 saturated carbocycles. The van der Waals surface area contributed by atoms with Crippen LogP contribution in [0.4, 0.5) is 10.5 Å². The number of benzene rings is 1. The Morgan fingerprint density at radius 2 is 2.10 bits per heavy atom. The van der Waals surface area contributed by atoms with Crippen LogP contribution in [0, 0.1) is 10.1 Å². The zero-order chi connectivity index (χ0) is 15.3. The largest absolute Gasteiger partial charge is 0.444 e. The van der Waals surface area contributed by atoms with Gasteiger partial charge in [0.2, 0.25) is 0 Å². The minimum absolute atomic E-state index is 0.0292. The Bertz CT molecular complexity index is 534. The number of nitro benzene ring substituents is 1. The summed E-state index contributed by atoms with van der Waals surface area (Å²) in [6.45, 7) is 5.34. The average Bonchev–Trinajstić information content (AvgIpc) is 2.33. The molecule has 0 aliphatic heterocycles. The van der Waals surface area contributed by atoms with E-state index in [0.717, 1.165) is 0 Å². The maximum absolute atomic E-state index is 11.5. The smallest absolute Gasteiger partial charge is 0.407 e. The van der Waals surface area contributed by atoms with Crippen molar-refractivity contribution < 1.29 is 19.2 Å². The van der Waals surface area contributed by atoms with Crippen molar-refractivity contribution in [3.8, 4) is 0 Å². The molecule has 0 saturated heterocycles. The van der Waals surface area contributed by atoms with Crippen molar-refractivity contribution in [2.75, 3.05) is 0 Å². The highest BCUT2D eigenvalue weighted by atomic mass is 16.6. The van der Waals surface area contributed by atoms with Crippen LogP contribution in [0.1, 0.15) is 36.7 Å². The Morgan fingerprint density at radius 1 is 1.45 bits per heavy atom. The molecule has 20 heavy (non-hydrogen) atoms. The lowest BCUT2D eigenvalue weighted by atomic mass is 10.1. The van der Waals surface area contributed by atoms with Gasteiger partial charge in [0, 0.05) is 12.6 Å². The predicted molar refractivity (Wildman–Crippen MR) is 71.6 cm³/mol. The van der Waals surface area contributed by atoms with Crippen LogP contribution in [-0.4, -0.2) is 22.9 Å². The van der Waals surface area contributed by atoms with Crippen LogP contribution < -0.4 is 5.32 Å². The fourth-order valence-electron chi connectivity index (χ4n) is 1.46. The van der Waals surface area contributed by atoms with Crippen molar-refractivity contribution in [3.63, 3.8) is 0 Å². The fourth-order valence-corrected chi connectivity index (χ4v) is 1.46. The van der Waals surface area contributed by atoms with Gasteiger partial charge in [-0.3, -0.25) is 14.9 Å². The maximum atomic E-state index is 11.5. The molecule has 108 valence electrons. The average molecular weight is 280 g/mol. The van der Waals surface area contributed by atoms with Gasteiger partial charge >= 0.3 is 6.09 Å². The van der Waals surface area contributed by atoms with Gasteiger partial charge in [0.25, 0.3) is 5.69 Å². The van der Waals surface area contributed by atoms with Crippen LogP contribution in [0.25, 0.3) is 0 Å². The molecule has 0 atom stereocenters. The molecule has 1 aromatic carbocycles. The number of hydrogen-bond donors (Lipinski definition) is 1. The number of nitrogens with one attached hydrogen (secondary N) is 1. The van der Waals surface area contributed by atoms with Gasteiger partial charge in [-0.25, -0.2) is 4.79 Å². The molecule has 0 aliphatic rings. The van der Waals surface area contributed by atoms with Crippen LogP contribution >= 0.6 is 0 Å². The number of amides is 1. The molecule has 1 aromatic rings. The summed E-state index contributed by atoms with van der Waals surface area (Å²) in [6.07, 6.45) is -0.182. The van der Waals surface area contributed by atoms with Crippen LogP contribution in [0.15, 0.2) is 18.2 Å².